The number of hydrogen-bond donors (Lipinski definition) is 2. The van der Waals surface area contributed by atoms with Crippen LogP contribution in [0.2, 0.25) is 0 Å². The van der Waals surface area contributed by atoms with Crippen LogP contribution in [0.1, 0.15) is 25.0 Å². The van der Waals surface area contributed by atoms with Crippen LogP contribution in [0.3, 0.4) is 0 Å². The Morgan fingerprint density at radius 2 is 1.25 bits per heavy atom. The van der Waals surface area contributed by atoms with E-state index < -0.39 is 11.8 Å². The number of carbonyl (C=O) groups is 2. The maximum atomic E-state index is 11.0. The maximum absolute atomic E-state index is 11.0. The lowest BCUT2D eigenvalue weighted by molar-refractivity contribution is -0.115. The van der Waals surface area contributed by atoms with E-state index in [1.165, 1.54) is 0 Å². The van der Waals surface area contributed by atoms with Gasteiger partial charge in [0.15, 0.2) is 0 Å². The Hall–Kier alpha value is -2.36. The predicted octanol–water partition coefficient (Wildman–Crippen LogP) is 1.63. The van der Waals surface area contributed by atoms with Crippen LogP contribution in [-0.2, 0) is 22.4 Å². The monoisotopic (exact) mass is 272 g/mol. The highest BCUT2D eigenvalue weighted by Gasteiger charge is 2.03. The molecule has 1 aromatic carbocycles. The van der Waals surface area contributed by atoms with E-state index in [4.69, 9.17) is 11.5 Å². The molecule has 4 heteroatoms. The van der Waals surface area contributed by atoms with E-state index in [-0.39, 0.29) is 0 Å². The molecule has 1 rings (SSSR count). The quantitative estimate of drug-likeness (QED) is 0.771. The van der Waals surface area contributed by atoms with Crippen LogP contribution in [0.4, 0.5) is 0 Å². The molecule has 0 bridgehead atoms. The van der Waals surface area contributed by atoms with E-state index in [1.54, 1.807) is 13.8 Å². The highest BCUT2D eigenvalue weighted by molar-refractivity contribution is 5.91. The van der Waals surface area contributed by atoms with Crippen molar-refractivity contribution in [1.82, 2.24) is 0 Å². The fourth-order valence-corrected chi connectivity index (χ4v) is 1.68. The average molecular weight is 272 g/mol. The van der Waals surface area contributed by atoms with Gasteiger partial charge in [0, 0.05) is 11.1 Å². The summed E-state index contributed by atoms with van der Waals surface area (Å²) < 4.78 is 0. The normalized spacial score (nSPS) is 12.3. The van der Waals surface area contributed by atoms with Crippen LogP contribution in [0.25, 0.3) is 0 Å². The number of nitrogens with two attached hydrogens (primary N) is 2. The van der Waals surface area contributed by atoms with Gasteiger partial charge in [0.25, 0.3) is 0 Å². The van der Waals surface area contributed by atoms with Crippen molar-refractivity contribution in [2.45, 2.75) is 26.7 Å². The molecule has 0 saturated carbocycles. The van der Waals surface area contributed by atoms with Crippen molar-refractivity contribution in [3.05, 3.63) is 58.7 Å². The van der Waals surface area contributed by atoms with Crippen LogP contribution in [0.5, 0.6) is 0 Å². The summed E-state index contributed by atoms with van der Waals surface area (Å²) in [5, 5.41) is 0. The molecule has 0 radical (unpaired) electrons. The van der Waals surface area contributed by atoms with Crippen LogP contribution >= 0.6 is 0 Å². The molecule has 0 unspecified atom stereocenters. The van der Waals surface area contributed by atoms with Gasteiger partial charge >= 0.3 is 0 Å². The Kier molecular flexibility index (Phi) is 5.72. The van der Waals surface area contributed by atoms with Gasteiger partial charge in [0.2, 0.25) is 11.8 Å². The van der Waals surface area contributed by atoms with Gasteiger partial charge in [-0.25, -0.2) is 0 Å². The molecule has 0 heterocycles. The molecular weight excluding hydrogens is 252 g/mol. The second-order valence-electron chi connectivity index (χ2n) is 4.68. The lowest BCUT2D eigenvalue weighted by atomic mass is 9.99. The van der Waals surface area contributed by atoms with Crippen LogP contribution in [-0.4, -0.2) is 11.8 Å². The molecule has 1 aromatic rings. The summed E-state index contributed by atoms with van der Waals surface area (Å²) in [6.07, 6.45) is 4.89. The summed E-state index contributed by atoms with van der Waals surface area (Å²) in [5.74, 6) is -0.820. The molecule has 0 fully saturated rings. The molecule has 0 aliphatic heterocycles. The third-order valence-electron chi connectivity index (χ3n) is 3.15. The molecule has 20 heavy (non-hydrogen) atoms. The van der Waals surface area contributed by atoms with Crippen LogP contribution < -0.4 is 11.5 Å². The zero-order valence-electron chi connectivity index (χ0n) is 11.8. The standard InChI is InChI=1S/C16H20N2O2/c1-11(15(17)19)7-9-13-5-3-4-6-14(13)10-8-12(2)16(18)20/h3-8H,9-10H2,1-2H3,(H2,17,19)(H2,18,20). The minimum Gasteiger partial charge on any atom is -0.366 e. The molecule has 4 N–H and O–H groups in total. The molecule has 106 valence electrons. The summed E-state index contributed by atoms with van der Waals surface area (Å²) in [6.45, 7) is 3.39. The number of carbonyl (C=O) groups excluding carboxylic acids is 2. The molecular formula is C16H20N2O2. The van der Waals surface area contributed by atoms with E-state index in [0.717, 1.165) is 11.1 Å². The fraction of sp³-hybridized carbons (Fsp3) is 0.250. The van der Waals surface area contributed by atoms with Crippen molar-refractivity contribution < 1.29 is 9.59 Å². The second kappa shape index (κ2) is 7.28. The third-order valence-corrected chi connectivity index (χ3v) is 3.15. The van der Waals surface area contributed by atoms with E-state index in [2.05, 4.69) is 0 Å². The number of amides is 2. The van der Waals surface area contributed by atoms with Gasteiger partial charge in [-0.3, -0.25) is 9.59 Å². The van der Waals surface area contributed by atoms with Gasteiger partial charge in [-0.05, 0) is 37.8 Å². The van der Waals surface area contributed by atoms with Gasteiger partial charge < -0.3 is 11.5 Å². The number of benzene rings is 1. The smallest absolute Gasteiger partial charge is 0.244 e. The van der Waals surface area contributed by atoms with Crippen molar-refractivity contribution in [2.24, 2.45) is 11.5 Å². The second-order valence-corrected chi connectivity index (χ2v) is 4.68. The summed E-state index contributed by atoms with van der Waals surface area (Å²) in [6, 6.07) is 7.87. The Morgan fingerprint density at radius 3 is 1.55 bits per heavy atom. The summed E-state index contributed by atoms with van der Waals surface area (Å²) in [4.78, 5) is 22.0. The Labute approximate surface area is 119 Å². The van der Waals surface area contributed by atoms with E-state index in [0.29, 0.717) is 24.0 Å². The molecule has 0 aromatic heterocycles. The first-order valence-corrected chi connectivity index (χ1v) is 6.41. The van der Waals surface area contributed by atoms with Crippen molar-refractivity contribution in [3.8, 4) is 0 Å². The molecule has 4 nitrogen and oxygen atoms in total. The predicted molar refractivity (Wildman–Crippen MR) is 79.8 cm³/mol. The largest absolute Gasteiger partial charge is 0.366 e. The zero-order valence-corrected chi connectivity index (χ0v) is 11.8. The number of rotatable bonds is 6. The lowest BCUT2D eigenvalue weighted by Gasteiger charge is -2.06. The molecule has 0 spiro atoms. The first kappa shape index (κ1) is 15.7. The lowest BCUT2D eigenvalue weighted by Crippen LogP contribution is -2.12. The third kappa shape index (κ3) is 4.72. The van der Waals surface area contributed by atoms with Crippen molar-refractivity contribution >= 4 is 11.8 Å². The minimum absolute atomic E-state index is 0.410. The van der Waals surface area contributed by atoms with Crippen LogP contribution in [0, 0.1) is 0 Å². The highest BCUT2D eigenvalue weighted by atomic mass is 16.1. The summed E-state index contributed by atoms with van der Waals surface area (Å²) in [5.41, 5.74) is 13.7. The number of hydrogen-bond acceptors (Lipinski definition) is 2. The van der Waals surface area contributed by atoms with E-state index in [1.807, 2.05) is 36.4 Å². The highest BCUT2D eigenvalue weighted by Crippen LogP contribution is 2.13. The van der Waals surface area contributed by atoms with Crippen molar-refractivity contribution in [2.75, 3.05) is 0 Å². The van der Waals surface area contributed by atoms with Gasteiger partial charge in [-0.1, -0.05) is 36.4 Å². The molecule has 0 aliphatic rings. The molecule has 2 amide bonds. The van der Waals surface area contributed by atoms with Crippen molar-refractivity contribution in [1.29, 1.82) is 0 Å². The van der Waals surface area contributed by atoms with Gasteiger partial charge in [0.1, 0.15) is 0 Å². The van der Waals surface area contributed by atoms with Gasteiger partial charge in [-0.2, -0.15) is 0 Å². The Morgan fingerprint density at radius 1 is 0.900 bits per heavy atom. The van der Waals surface area contributed by atoms with Crippen LogP contribution in [0.15, 0.2) is 47.6 Å². The number of primary amides is 2. The first-order valence-electron chi connectivity index (χ1n) is 6.41. The van der Waals surface area contributed by atoms with Gasteiger partial charge in [0.05, 0.1) is 0 Å². The first-order chi connectivity index (χ1) is 9.41. The van der Waals surface area contributed by atoms with E-state index >= 15 is 0 Å². The Balaban J connectivity index is 2.89. The van der Waals surface area contributed by atoms with E-state index in [9.17, 15) is 9.59 Å². The average Bonchev–Trinajstić information content (AvgIpc) is 2.42. The van der Waals surface area contributed by atoms with Gasteiger partial charge in [-0.15, -0.1) is 0 Å². The summed E-state index contributed by atoms with van der Waals surface area (Å²) in [7, 11) is 0. The summed E-state index contributed by atoms with van der Waals surface area (Å²) >= 11 is 0. The zero-order chi connectivity index (χ0) is 15.1. The molecule has 0 aliphatic carbocycles. The van der Waals surface area contributed by atoms with Crippen molar-refractivity contribution in [3.63, 3.8) is 0 Å². The molecule has 0 saturated heterocycles. The maximum Gasteiger partial charge on any atom is 0.244 e. The fourth-order valence-electron chi connectivity index (χ4n) is 1.68. The number of allylic oxidation sites excluding steroid dienone is 2. The topological polar surface area (TPSA) is 86.2 Å². The molecule has 0 atom stereocenters. The Bertz CT molecular complexity index is 521. The SMILES string of the molecule is CC(=CCc1ccccc1CC=C(C)C(N)=O)C(N)=O. The minimum atomic E-state index is -0.410.